The predicted molar refractivity (Wildman–Crippen MR) is 103 cm³/mol. The molecule has 1 amide bonds. The summed E-state index contributed by atoms with van der Waals surface area (Å²) in [5.74, 6) is 1.24. The van der Waals surface area contributed by atoms with E-state index in [0.29, 0.717) is 41.9 Å². The molecule has 1 aromatic carbocycles. The summed E-state index contributed by atoms with van der Waals surface area (Å²) in [5, 5.41) is 3.11. The van der Waals surface area contributed by atoms with Gasteiger partial charge in [-0.3, -0.25) is 4.79 Å². The number of hydrogen-bond acceptors (Lipinski definition) is 6. The second kappa shape index (κ2) is 9.55. The number of hydrogen-bond donors (Lipinski definition) is 0. The molecule has 0 spiro atoms. The lowest BCUT2D eigenvalue weighted by Crippen LogP contribution is -2.33. The van der Waals surface area contributed by atoms with E-state index in [4.69, 9.17) is 25.5 Å². The zero-order valence-electron chi connectivity index (χ0n) is 14.8. The van der Waals surface area contributed by atoms with Gasteiger partial charge in [0, 0.05) is 24.1 Å². The fourth-order valence-electron chi connectivity index (χ4n) is 2.36. The minimum atomic E-state index is -0.169. The maximum Gasteiger partial charge on any atom is 0.273 e. The van der Waals surface area contributed by atoms with Gasteiger partial charge in [0.15, 0.2) is 0 Å². The van der Waals surface area contributed by atoms with Crippen LogP contribution in [0.4, 0.5) is 0 Å². The minimum absolute atomic E-state index is 0.169. The highest BCUT2D eigenvalue weighted by Crippen LogP contribution is 2.19. The Morgan fingerprint density at radius 3 is 2.81 bits per heavy atom. The van der Waals surface area contributed by atoms with E-state index in [0.717, 1.165) is 5.01 Å². The van der Waals surface area contributed by atoms with Gasteiger partial charge in [-0.2, -0.15) is 0 Å². The molecule has 0 saturated heterocycles. The van der Waals surface area contributed by atoms with E-state index in [-0.39, 0.29) is 12.5 Å². The van der Waals surface area contributed by atoms with Crippen LogP contribution in [0.3, 0.4) is 0 Å². The summed E-state index contributed by atoms with van der Waals surface area (Å²) >= 11 is 7.25. The number of ether oxygens (including phenoxy) is 2. The molecule has 0 atom stereocenters. The van der Waals surface area contributed by atoms with Gasteiger partial charge in [-0.15, -0.1) is 11.3 Å². The summed E-state index contributed by atoms with van der Waals surface area (Å²) in [5.41, 5.74) is 0.386. The smallest absolute Gasteiger partial charge is 0.273 e. The molecule has 142 valence electrons. The van der Waals surface area contributed by atoms with Crippen LogP contribution in [-0.2, 0) is 17.9 Å². The first-order valence-electron chi connectivity index (χ1n) is 8.29. The van der Waals surface area contributed by atoms with Crippen molar-refractivity contribution in [2.24, 2.45) is 0 Å². The molecule has 0 unspecified atom stereocenters. The zero-order valence-corrected chi connectivity index (χ0v) is 16.3. The van der Waals surface area contributed by atoms with Crippen LogP contribution in [0.1, 0.15) is 21.3 Å². The van der Waals surface area contributed by atoms with Gasteiger partial charge in [0.25, 0.3) is 5.91 Å². The lowest BCUT2D eigenvalue weighted by Gasteiger charge is -2.20. The lowest BCUT2D eigenvalue weighted by molar-refractivity contribution is 0.0661. The molecule has 0 aliphatic rings. The quantitative estimate of drug-likeness (QED) is 0.531. The summed E-state index contributed by atoms with van der Waals surface area (Å²) in [6.07, 6.45) is 1.59. The third-order valence-corrected chi connectivity index (χ3v) is 4.80. The number of benzene rings is 1. The molecule has 2 heterocycles. The third kappa shape index (κ3) is 5.56. The van der Waals surface area contributed by atoms with Gasteiger partial charge in [-0.05, 0) is 36.4 Å². The van der Waals surface area contributed by atoms with E-state index in [9.17, 15) is 4.79 Å². The highest BCUT2D eigenvalue weighted by Gasteiger charge is 2.20. The molecule has 8 heteroatoms. The second-order valence-electron chi connectivity index (χ2n) is 5.67. The molecule has 0 N–H and O–H groups in total. The normalized spacial score (nSPS) is 10.7. The van der Waals surface area contributed by atoms with Crippen LogP contribution in [-0.4, -0.2) is 36.1 Å². The first-order chi connectivity index (χ1) is 13.2. The standard InChI is InChI=1S/C19H19ClN2O4S/c1-24-10-8-22(11-16-3-2-9-25-16)19(23)17-13-27-18(21-17)12-26-15-6-4-14(20)5-7-15/h2-7,9,13H,8,10-12H2,1H3. The maximum absolute atomic E-state index is 12.8. The van der Waals surface area contributed by atoms with Crippen LogP contribution in [0.15, 0.2) is 52.5 Å². The molecular formula is C19H19ClN2O4S. The maximum atomic E-state index is 12.8. The monoisotopic (exact) mass is 406 g/mol. The number of methoxy groups -OCH3 is 1. The summed E-state index contributed by atoms with van der Waals surface area (Å²) in [7, 11) is 1.60. The summed E-state index contributed by atoms with van der Waals surface area (Å²) in [4.78, 5) is 18.9. The summed E-state index contributed by atoms with van der Waals surface area (Å²) < 4.78 is 16.1. The van der Waals surface area contributed by atoms with Crippen molar-refractivity contribution in [3.05, 3.63) is 69.5 Å². The van der Waals surface area contributed by atoms with Gasteiger partial charge >= 0.3 is 0 Å². The number of nitrogens with zero attached hydrogens (tertiary/aromatic N) is 2. The zero-order chi connectivity index (χ0) is 19.1. The Bertz CT molecular complexity index is 849. The van der Waals surface area contributed by atoms with Crippen molar-refractivity contribution in [2.75, 3.05) is 20.3 Å². The number of thiazole rings is 1. The molecule has 27 heavy (non-hydrogen) atoms. The number of furan rings is 1. The molecular weight excluding hydrogens is 388 g/mol. The Labute approximate surface area is 166 Å². The molecule has 2 aromatic heterocycles. The van der Waals surface area contributed by atoms with Crippen LogP contribution in [0.2, 0.25) is 5.02 Å². The Balaban J connectivity index is 1.63. The van der Waals surface area contributed by atoms with Gasteiger partial charge < -0.3 is 18.8 Å². The van der Waals surface area contributed by atoms with Crippen LogP contribution >= 0.6 is 22.9 Å². The summed E-state index contributed by atoms with van der Waals surface area (Å²) in [6.45, 7) is 1.53. The van der Waals surface area contributed by atoms with E-state index in [1.165, 1.54) is 11.3 Å². The van der Waals surface area contributed by atoms with Crippen LogP contribution < -0.4 is 4.74 Å². The fourth-order valence-corrected chi connectivity index (χ4v) is 3.16. The lowest BCUT2D eigenvalue weighted by atomic mass is 10.3. The van der Waals surface area contributed by atoms with Gasteiger partial charge in [-0.25, -0.2) is 4.98 Å². The highest BCUT2D eigenvalue weighted by molar-refractivity contribution is 7.09. The number of halogens is 1. The van der Waals surface area contributed by atoms with Crippen molar-refractivity contribution in [1.29, 1.82) is 0 Å². The largest absolute Gasteiger partial charge is 0.486 e. The Morgan fingerprint density at radius 2 is 2.11 bits per heavy atom. The molecule has 3 aromatic rings. The second-order valence-corrected chi connectivity index (χ2v) is 7.05. The van der Waals surface area contributed by atoms with E-state index in [1.54, 1.807) is 54.0 Å². The molecule has 0 fully saturated rings. The van der Waals surface area contributed by atoms with Crippen molar-refractivity contribution in [2.45, 2.75) is 13.2 Å². The number of rotatable bonds is 9. The van der Waals surface area contributed by atoms with Crippen molar-refractivity contribution < 1.29 is 18.7 Å². The van der Waals surface area contributed by atoms with Crippen molar-refractivity contribution in [3.63, 3.8) is 0 Å². The number of aromatic nitrogens is 1. The van der Waals surface area contributed by atoms with E-state index in [2.05, 4.69) is 4.98 Å². The average molecular weight is 407 g/mol. The van der Waals surface area contributed by atoms with Crippen molar-refractivity contribution in [1.82, 2.24) is 9.88 Å². The Morgan fingerprint density at radius 1 is 1.30 bits per heavy atom. The fraction of sp³-hybridized carbons (Fsp3) is 0.263. The minimum Gasteiger partial charge on any atom is -0.486 e. The van der Waals surface area contributed by atoms with Crippen molar-refractivity contribution >= 4 is 28.8 Å². The molecule has 0 bridgehead atoms. The average Bonchev–Trinajstić information content (AvgIpc) is 3.36. The molecule has 0 aliphatic carbocycles. The van der Waals surface area contributed by atoms with Crippen LogP contribution in [0, 0.1) is 0 Å². The Hall–Kier alpha value is -2.35. The highest BCUT2D eigenvalue weighted by atomic mass is 35.5. The molecule has 0 aliphatic heterocycles. The van der Waals surface area contributed by atoms with Crippen LogP contribution in [0.25, 0.3) is 0 Å². The third-order valence-electron chi connectivity index (χ3n) is 3.73. The van der Waals surface area contributed by atoms with E-state index < -0.39 is 0 Å². The molecule has 0 saturated carbocycles. The topological polar surface area (TPSA) is 64.8 Å². The first-order valence-corrected chi connectivity index (χ1v) is 9.55. The van der Waals surface area contributed by atoms with Gasteiger partial charge in [0.05, 0.1) is 19.4 Å². The van der Waals surface area contributed by atoms with Crippen molar-refractivity contribution in [3.8, 4) is 5.75 Å². The number of carbonyl (C=O) groups excluding carboxylic acids is 1. The first kappa shape index (κ1) is 19.4. The van der Waals surface area contributed by atoms with Gasteiger partial charge in [0.1, 0.15) is 28.8 Å². The molecule has 6 nitrogen and oxygen atoms in total. The van der Waals surface area contributed by atoms with Crippen LogP contribution in [0.5, 0.6) is 5.75 Å². The number of amides is 1. The van der Waals surface area contributed by atoms with Gasteiger partial charge in [0.2, 0.25) is 0 Å². The summed E-state index contributed by atoms with van der Waals surface area (Å²) in [6, 6.07) is 10.7. The Kier molecular flexibility index (Phi) is 6.86. The van der Waals surface area contributed by atoms with Gasteiger partial charge in [-0.1, -0.05) is 11.6 Å². The molecule has 3 rings (SSSR count). The van der Waals surface area contributed by atoms with E-state index in [1.807, 2.05) is 6.07 Å². The van der Waals surface area contributed by atoms with E-state index >= 15 is 0 Å². The predicted octanol–water partition coefficient (Wildman–Crippen LogP) is 4.26. The SMILES string of the molecule is COCCN(Cc1ccco1)C(=O)c1csc(COc2ccc(Cl)cc2)n1. The number of carbonyl (C=O) groups is 1. The molecule has 0 radical (unpaired) electrons.